The van der Waals surface area contributed by atoms with Crippen molar-refractivity contribution in [3.63, 3.8) is 0 Å². The maximum atomic E-state index is 11.7. The first-order valence-electron chi connectivity index (χ1n) is 18.6. The van der Waals surface area contributed by atoms with E-state index in [0.29, 0.717) is 11.3 Å². The van der Waals surface area contributed by atoms with Gasteiger partial charge in [-0.15, -0.1) is 0 Å². The number of carbonyl (C=O) groups excluding carboxylic acids is 2. The Kier molecular flexibility index (Phi) is 18.5. The number of ether oxygens (including phenoxy) is 2. The summed E-state index contributed by atoms with van der Waals surface area (Å²) in [6.07, 6.45) is 15.4. The Bertz CT molecular complexity index is 1460. The molecule has 0 bridgehead atoms. The van der Waals surface area contributed by atoms with E-state index in [1.807, 2.05) is 47.6 Å². The lowest BCUT2D eigenvalue weighted by molar-refractivity contribution is 0.0484. The highest BCUT2D eigenvalue weighted by Crippen LogP contribution is 2.17. The molecule has 0 saturated carbocycles. The Morgan fingerprint density at radius 1 is 0.648 bits per heavy atom. The number of carbonyl (C=O) groups is 2. The van der Waals surface area contributed by atoms with Crippen LogP contribution in [0, 0.1) is 0 Å². The molecule has 17 heteroatoms. The molecule has 3 aromatic heterocycles. The molecule has 3 aliphatic heterocycles. The Morgan fingerprint density at radius 2 is 1.00 bits per heavy atom. The fraction of sp³-hybridized carbons (Fsp3) is 0.622. The first kappa shape index (κ1) is 44.0. The molecule has 0 aromatic carbocycles. The molecule has 3 aliphatic rings. The predicted molar refractivity (Wildman–Crippen MR) is 210 cm³/mol. The lowest BCUT2D eigenvalue weighted by Gasteiger charge is -2.32. The lowest BCUT2D eigenvalue weighted by Crippen LogP contribution is -2.46. The van der Waals surface area contributed by atoms with Crippen LogP contribution in [0.15, 0.2) is 55.4 Å². The fourth-order valence-corrected chi connectivity index (χ4v) is 5.54. The number of nitrogens with two attached hydrogens (primary N) is 1. The molecular formula is C37H59ClN12O4. The quantitative estimate of drug-likeness (QED) is 0.265. The smallest absolute Gasteiger partial charge is 0.407 e. The van der Waals surface area contributed by atoms with Gasteiger partial charge in [0, 0.05) is 81.5 Å². The summed E-state index contributed by atoms with van der Waals surface area (Å²) in [5.74, 6) is 1.58. The number of nitrogens with zero attached hydrogens (tertiary/aromatic N) is 8. The van der Waals surface area contributed by atoms with E-state index < -0.39 is 11.2 Å². The third-order valence-corrected chi connectivity index (χ3v) is 8.21. The van der Waals surface area contributed by atoms with E-state index in [1.54, 1.807) is 49.3 Å². The molecule has 0 aliphatic carbocycles. The Labute approximate surface area is 324 Å². The zero-order valence-corrected chi connectivity index (χ0v) is 33.3. The molecule has 0 spiro atoms. The van der Waals surface area contributed by atoms with Gasteiger partial charge in [-0.2, -0.15) is 0 Å². The monoisotopic (exact) mass is 770 g/mol. The Hall–Kier alpha value is -4.41. The molecule has 298 valence electrons. The van der Waals surface area contributed by atoms with Gasteiger partial charge in [-0.25, -0.2) is 39.5 Å². The zero-order valence-electron chi connectivity index (χ0n) is 32.6. The van der Waals surface area contributed by atoms with Crippen LogP contribution in [0.1, 0.15) is 80.1 Å². The van der Waals surface area contributed by atoms with Crippen molar-refractivity contribution < 1.29 is 19.1 Å². The minimum absolute atomic E-state index is 0.157. The summed E-state index contributed by atoms with van der Waals surface area (Å²) < 4.78 is 10.4. The number of piperidine rings is 3. The van der Waals surface area contributed by atoms with Crippen LogP contribution >= 0.6 is 11.6 Å². The standard InChI is InChI=1S/C14H22N4O2.C10H20N2O2.C9H14N4.C4H3ClN2/c1-14(2,3)20-13(19)17-11-5-9-18(10-6-11)12-15-7-4-8-16-12;1-10(2,3)14-9(13)12-8-4-6-11-7-5-8;10-8-2-6-13(7-3-8)9-11-4-1-5-12-9;5-4-6-2-1-3-7-4/h4,7-8,11H,5-6,9-10H2,1-3H3,(H,17,19);8,11H,4-7H2,1-3H3,(H,12,13);1,4-5,8H,2-3,6-7,10H2;1-3H. The average molecular weight is 771 g/mol. The summed E-state index contributed by atoms with van der Waals surface area (Å²) >= 11 is 5.32. The van der Waals surface area contributed by atoms with Crippen molar-refractivity contribution in [2.24, 2.45) is 5.73 Å². The highest BCUT2D eigenvalue weighted by molar-refractivity contribution is 6.28. The van der Waals surface area contributed by atoms with E-state index in [1.165, 1.54) is 0 Å². The van der Waals surface area contributed by atoms with Gasteiger partial charge >= 0.3 is 12.2 Å². The van der Waals surface area contributed by atoms with Crippen molar-refractivity contribution in [1.29, 1.82) is 0 Å². The van der Waals surface area contributed by atoms with Crippen molar-refractivity contribution in [1.82, 2.24) is 45.9 Å². The van der Waals surface area contributed by atoms with Crippen LogP contribution in [-0.2, 0) is 9.47 Å². The second kappa shape index (κ2) is 22.7. The van der Waals surface area contributed by atoms with Crippen LogP contribution < -0.4 is 31.5 Å². The van der Waals surface area contributed by atoms with Gasteiger partial charge in [0.1, 0.15) is 11.2 Å². The van der Waals surface area contributed by atoms with Crippen LogP contribution in [0.4, 0.5) is 21.5 Å². The molecule has 6 heterocycles. The lowest BCUT2D eigenvalue weighted by atomic mass is 10.1. The molecule has 2 amide bonds. The molecule has 0 radical (unpaired) electrons. The number of hydrogen-bond donors (Lipinski definition) is 4. The first-order chi connectivity index (χ1) is 25.7. The second-order valence-electron chi connectivity index (χ2n) is 15.0. The van der Waals surface area contributed by atoms with Crippen molar-refractivity contribution >= 4 is 35.7 Å². The van der Waals surface area contributed by atoms with Crippen LogP contribution in [0.25, 0.3) is 0 Å². The van der Waals surface area contributed by atoms with E-state index in [4.69, 9.17) is 26.8 Å². The van der Waals surface area contributed by atoms with Crippen LogP contribution in [0.5, 0.6) is 0 Å². The molecule has 16 nitrogen and oxygen atoms in total. The SMILES string of the molecule is CC(C)(C)OC(=O)NC1CCN(c2ncccn2)CC1.CC(C)(C)OC(=O)NC1CCNCC1.Clc1ncccn1.NC1CCN(c2ncccn2)CC1. The van der Waals surface area contributed by atoms with Gasteiger partial charge < -0.3 is 41.0 Å². The number of anilines is 2. The average Bonchev–Trinajstić information content (AvgIpc) is 3.13. The first-order valence-corrected chi connectivity index (χ1v) is 19.0. The van der Waals surface area contributed by atoms with Gasteiger partial charge in [0.15, 0.2) is 0 Å². The third kappa shape index (κ3) is 19.1. The van der Waals surface area contributed by atoms with Gasteiger partial charge in [-0.3, -0.25) is 0 Å². The third-order valence-electron chi connectivity index (χ3n) is 8.02. The molecule has 3 fully saturated rings. The summed E-state index contributed by atoms with van der Waals surface area (Å²) in [4.78, 5) is 51.5. The van der Waals surface area contributed by atoms with Crippen molar-refractivity contribution in [2.75, 3.05) is 49.1 Å². The molecule has 5 N–H and O–H groups in total. The molecule has 0 unspecified atom stereocenters. The van der Waals surface area contributed by atoms with Crippen molar-refractivity contribution in [2.45, 2.75) is 109 Å². The van der Waals surface area contributed by atoms with Crippen molar-refractivity contribution in [3.05, 3.63) is 60.7 Å². The minimum Gasteiger partial charge on any atom is -0.444 e. The molecule has 6 rings (SSSR count). The molecular weight excluding hydrogens is 712 g/mol. The summed E-state index contributed by atoms with van der Waals surface area (Å²) in [5, 5.41) is 9.33. The Balaban J connectivity index is 0.000000204. The molecule has 54 heavy (non-hydrogen) atoms. The normalized spacial score (nSPS) is 16.9. The summed E-state index contributed by atoms with van der Waals surface area (Å²) in [6.45, 7) is 16.8. The van der Waals surface area contributed by atoms with Crippen molar-refractivity contribution in [3.8, 4) is 0 Å². The number of nitrogens with one attached hydrogen (secondary N) is 3. The molecule has 0 atom stereocenters. The van der Waals surface area contributed by atoms with E-state index >= 15 is 0 Å². The fourth-order valence-electron chi connectivity index (χ4n) is 5.43. The molecule has 3 saturated heterocycles. The van der Waals surface area contributed by atoms with Crippen LogP contribution in [0.2, 0.25) is 5.28 Å². The van der Waals surface area contributed by atoms with Gasteiger partial charge in [0.05, 0.1) is 0 Å². The number of aromatic nitrogens is 6. The van der Waals surface area contributed by atoms with Gasteiger partial charge in [0.2, 0.25) is 17.2 Å². The topological polar surface area (TPSA) is 199 Å². The van der Waals surface area contributed by atoms with Crippen LogP contribution in [0.3, 0.4) is 0 Å². The van der Waals surface area contributed by atoms with Crippen LogP contribution in [-0.4, -0.2) is 111 Å². The number of hydrogen-bond acceptors (Lipinski definition) is 14. The second-order valence-corrected chi connectivity index (χ2v) is 15.4. The minimum atomic E-state index is -0.456. The van der Waals surface area contributed by atoms with Gasteiger partial charge in [-0.05, 0) is 123 Å². The number of rotatable bonds is 4. The molecule has 3 aromatic rings. The van der Waals surface area contributed by atoms with E-state index in [0.717, 1.165) is 89.7 Å². The maximum absolute atomic E-state index is 11.7. The number of halogens is 1. The summed E-state index contributed by atoms with van der Waals surface area (Å²) in [7, 11) is 0. The Morgan fingerprint density at radius 3 is 1.35 bits per heavy atom. The zero-order chi connectivity index (χ0) is 39.4. The summed E-state index contributed by atoms with van der Waals surface area (Å²) in [5.41, 5.74) is 4.95. The number of alkyl carbamates (subject to hydrolysis) is 2. The predicted octanol–water partition coefficient (Wildman–Crippen LogP) is 4.77. The van der Waals surface area contributed by atoms with Gasteiger partial charge in [0.25, 0.3) is 0 Å². The number of amides is 2. The van der Waals surface area contributed by atoms with E-state index in [9.17, 15) is 9.59 Å². The highest BCUT2D eigenvalue weighted by atomic mass is 35.5. The largest absolute Gasteiger partial charge is 0.444 e. The summed E-state index contributed by atoms with van der Waals surface area (Å²) in [6, 6.07) is 6.14. The van der Waals surface area contributed by atoms with Gasteiger partial charge in [-0.1, -0.05) is 0 Å². The van der Waals surface area contributed by atoms with E-state index in [-0.39, 0.29) is 24.3 Å². The highest BCUT2D eigenvalue weighted by Gasteiger charge is 2.25. The maximum Gasteiger partial charge on any atom is 0.407 e. The van der Waals surface area contributed by atoms with E-state index in [2.05, 4.69) is 55.7 Å².